The molecule has 3 aromatic rings. The maximum absolute atomic E-state index is 13.0. The lowest BCUT2D eigenvalue weighted by molar-refractivity contribution is 0.571. The van der Waals surface area contributed by atoms with Crippen LogP contribution in [-0.4, -0.2) is 36.1 Å². The number of halogens is 1. The van der Waals surface area contributed by atoms with Gasteiger partial charge in [-0.05, 0) is 31.2 Å². The molecule has 0 unspecified atom stereocenters. The SMILES string of the molecule is CN=C(NCCc1coc(-c2ccc(F)cc2)n1)NCCc1ncc(C)s1. The summed E-state index contributed by atoms with van der Waals surface area (Å²) in [6.07, 6.45) is 5.08. The standard InChI is InChI=1S/C19H22FN5OS/c1-13-11-24-17(27-13)8-10-23-19(21-2)22-9-7-16-12-26-18(25-16)14-3-5-15(20)6-4-14/h3-6,11-12H,7-10H2,1-2H3,(H2,21,22,23). The molecule has 0 amide bonds. The summed E-state index contributed by atoms with van der Waals surface area (Å²) in [5.41, 5.74) is 1.58. The van der Waals surface area contributed by atoms with E-state index in [1.54, 1.807) is 36.8 Å². The maximum Gasteiger partial charge on any atom is 0.226 e. The molecule has 142 valence electrons. The minimum atomic E-state index is -0.279. The third-order valence-electron chi connectivity index (χ3n) is 3.84. The van der Waals surface area contributed by atoms with Crippen LogP contribution in [0.15, 0.2) is 46.1 Å². The molecule has 0 saturated heterocycles. The molecule has 27 heavy (non-hydrogen) atoms. The third-order valence-corrected chi connectivity index (χ3v) is 4.81. The molecule has 2 N–H and O–H groups in total. The fourth-order valence-electron chi connectivity index (χ4n) is 2.48. The number of benzene rings is 1. The highest BCUT2D eigenvalue weighted by molar-refractivity contribution is 7.11. The van der Waals surface area contributed by atoms with Gasteiger partial charge in [-0.15, -0.1) is 11.3 Å². The van der Waals surface area contributed by atoms with E-state index in [9.17, 15) is 4.39 Å². The van der Waals surface area contributed by atoms with Crippen LogP contribution in [0.1, 0.15) is 15.6 Å². The molecule has 8 heteroatoms. The van der Waals surface area contributed by atoms with E-state index in [1.807, 2.05) is 6.20 Å². The van der Waals surface area contributed by atoms with Crippen LogP contribution in [0.25, 0.3) is 11.5 Å². The van der Waals surface area contributed by atoms with Gasteiger partial charge in [0.15, 0.2) is 5.96 Å². The van der Waals surface area contributed by atoms with Gasteiger partial charge in [-0.2, -0.15) is 0 Å². The van der Waals surface area contributed by atoms with E-state index in [0.717, 1.165) is 35.2 Å². The normalized spacial score (nSPS) is 11.6. The lowest BCUT2D eigenvalue weighted by Gasteiger charge is -2.10. The summed E-state index contributed by atoms with van der Waals surface area (Å²) in [4.78, 5) is 14.2. The molecule has 0 aliphatic rings. The lowest BCUT2D eigenvalue weighted by Crippen LogP contribution is -2.39. The topological polar surface area (TPSA) is 75.3 Å². The van der Waals surface area contributed by atoms with Gasteiger partial charge in [-0.1, -0.05) is 0 Å². The van der Waals surface area contributed by atoms with Crippen molar-refractivity contribution in [2.45, 2.75) is 19.8 Å². The first kappa shape index (κ1) is 19.0. The Hall–Kier alpha value is -2.74. The van der Waals surface area contributed by atoms with Crippen LogP contribution >= 0.6 is 11.3 Å². The van der Waals surface area contributed by atoms with Gasteiger partial charge in [0, 0.05) is 49.6 Å². The number of thiazole rings is 1. The Labute approximate surface area is 161 Å². The molecule has 0 aliphatic carbocycles. The number of aromatic nitrogens is 2. The van der Waals surface area contributed by atoms with Crippen molar-refractivity contribution in [1.82, 2.24) is 20.6 Å². The number of oxazole rings is 1. The first-order chi connectivity index (χ1) is 13.1. The van der Waals surface area contributed by atoms with Crippen LogP contribution < -0.4 is 10.6 Å². The van der Waals surface area contributed by atoms with Gasteiger partial charge in [0.2, 0.25) is 5.89 Å². The Bertz CT molecular complexity index is 888. The van der Waals surface area contributed by atoms with Crippen molar-refractivity contribution in [1.29, 1.82) is 0 Å². The molecule has 0 radical (unpaired) electrons. The summed E-state index contributed by atoms with van der Waals surface area (Å²) in [6.45, 7) is 3.50. The number of guanidine groups is 1. The largest absolute Gasteiger partial charge is 0.444 e. The predicted molar refractivity (Wildman–Crippen MR) is 106 cm³/mol. The zero-order chi connectivity index (χ0) is 19.1. The molecule has 0 fully saturated rings. The third kappa shape index (κ3) is 5.62. The number of hydrogen-bond acceptors (Lipinski definition) is 5. The van der Waals surface area contributed by atoms with E-state index in [1.165, 1.54) is 17.0 Å². The fraction of sp³-hybridized carbons (Fsp3) is 0.316. The zero-order valence-electron chi connectivity index (χ0n) is 15.3. The van der Waals surface area contributed by atoms with Gasteiger partial charge in [-0.25, -0.2) is 14.4 Å². The Morgan fingerprint density at radius 1 is 1.19 bits per heavy atom. The molecule has 0 saturated carbocycles. The molecular formula is C19H22FN5OS. The Kier molecular flexibility index (Phi) is 6.54. The van der Waals surface area contributed by atoms with E-state index in [2.05, 4.69) is 32.5 Å². The van der Waals surface area contributed by atoms with E-state index >= 15 is 0 Å². The van der Waals surface area contributed by atoms with Crippen molar-refractivity contribution in [2.24, 2.45) is 4.99 Å². The highest BCUT2D eigenvalue weighted by Gasteiger charge is 2.07. The molecule has 2 aromatic heterocycles. The molecule has 3 rings (SSSR count). The second-order valence-corrected chi connectivity index (χ2v) is 7.26. The second-order valence-electron chi connectivity index (χ2n) is 5.94. The van der Waals surface area contributed by atoms with Gasteiger partial charge in [0.25, 0.3) is 0 Å². The van der Waals surface area contributed by atoms with Crippen molar-refractivity contribution >= 4 is 17.3 Å². The first-order valence-electron chi connectivity index (χ1n) is 8.70. The Balaban J connectivity index is 1.42. The van der Waals surface area contributed by atoms with Gasteiger partial charge in [-0.3, -0.25) is 4.99 Å². The molecule has 0 bridgehead atoms. The van der Waals surface area contributed by atoms with Crippen molar-refractivity contribution < 1.29 is 8.81 Å². The monoisotopic (exact) mass is 387 g/mol. The van der Waals surface area contributed by atoms with Crippen LogP contribution in [0.2, 0.25) is 0 Å². The first-order valence-corrected chi connectivity index (χ1v) is 9.52. The van der Waals surface area contributed by atoms with Crippen molar-refractivity contribution in [3.63, 3.8) is 0 Å². The van der Waals surface area contributed by atoms with E-state index in [0.29, 0.717) is 18.9 Å². The average molecular weight is 387 g/mol. The minimum Gasteiger partial charge on any atom is -0.444 e. The van der Waals surface area contributed by atoms with Crippen LogP contribution in [-0.2, 0) is 12.8 Å². The predicted octanol–water partition coefficient (Wildman–Crippen LogP) is 3.20. The molecular weight excluding hydrogens is 365 g/mol. The molecule has 6 nitrogen and oxygen atoms in total. The number of nitrogens with zero attached hydrogens (tertiary/aromatic N) is 3. The average Bonchev–Trinajstić information content (AvgIpc) is 3.30. The number of rotatable bonds is 7. The Morgan fingerprint density at radius 2 is 1.93 bits per heavy atom. The van der Waals surface area contributed by atoms with E-state index in [-0.39, 0.29) is 5.82 Å². The van der Waals surface area contributed by atoms with Crippen molar-refractivity contribution in [3.8, 4) is 11.5 Å². The lowest BCUT2D eigenvalue weighted by atomic mass is 10.2. The van der Waals surface area contributed by atoms with Gasteiger partial charge in [0.05, 0.1) is 10.7 Å². The van der Waals surface area contributed by atoms with Crippen molar-refractivity contribution in [2.75, 3.05) is 20.1 Å². The van der Waals surface area contributed by atoms with Crippen LogP contribution in [0.4, 0.5) is 4.39 Å². The van der Waals surface area contributed by atoms with E-state index in [4.69, 9.17) is 4.42 Å². The van der Waals surface area contributed by atoms with E-state index < -0.39 is 0 Å². The molecule has 1 aromatic carbocycles. The fourth-order valence-corrected chi connectivity index (χ4v) is 3.27. The summed E-state index contributed by atoms with van der Waals surface area (Å²) in [5.74, 6) is 0.954. The van der Waals surface area contributed by atoms with Crippen LogP contribution in [0.5, 0.6) is 0 Å². The van der Waals surface area contributed by atoms with Gasteiger partial charge < -0.3 is 15.1 Å². The summed E-state index contributed by atoms with van der Waals surface area (Å²) >= 11 is 1.71. The van der Waals surface area contributed by atoms with Crippen LogP contribution in [0.3, 0.4) is 0 Å². The smallest absolute Gasteiger partial charge is 0.226 e. The summed E-state index contributed by atoms with van der Waals surface area (Å²) in [5, 5.41) is 7.65. The molecule has 0 spiro atoms. The number of aryl methyl sites for hydroxylation is 1. The molecule has 0 aliphatic heterocycles. The maximum atomic E-state index is 13.0. The zero-order valence-corrected chi connectivity index (χ0v) is 16.1. The number of aliphatic imine (C=N–C) groups is 1. The minimum absolute atomic E-state index is 0.279. The van der Waals surface area contributed by atoms with Gasteiger partial charge in [0.1, 0.15) is 12.1 Å². The van der Waals surface area contributed by atoms with Crippen LogP contribution in [0, 0.1) is 12.7 Å². The highest BCUT2D eigenvalue weighted by Crippen LogP contribution is 2.19. The molecule has 0 atom stereocenters. The quantitative estimate of drug-likeness (QED) is 0.481. The number of hydrogen-bond donors (Lipinski definition) is 2. The second kappa shape index (κ2) is 9.27. The Morgan fingerprint density at radius 3 is 2.59 bits per heavy atom. The summed E-state index contributed by atoms with van der Waals surface area (Å²) in [7, 11) is 1.74. The summed E-state index contributed by atoms with van der Waals surface area (Å²) < 4.78 is 18.5. The van der Waals surface area contributed by atoms with Crippen molar-refractivity contribution in [3.05, 3.63) is 58.1 Å². The number of nitrogens with one attached hydrogen (secondary N) is 2. The highest BCUT2D eigenvalue weighted by atomic mass is 32.1. The molecule has 2 heterocycles. The summed E-state index contributed by atoms with van der Waals surface area (Å²) in [6, 6.07) is 6.09. The van der Waals surface area contributed by atoms with Gasteiger partial charge >= 0.3 is 0 Å².